The predicted octanol–water partition coefficient (Wildman–Crippen LogP) is 1.08. The van der Waals surface area contributed by atoms with E-state index >= 15 is 0 Å². The van der Waals surface area contributed by atoms with Gasteiger partial charge in [-0.1, -0.05) is 11.6 Å². The lowest BCUT2D eigenvalue weighted by Crippen LogP contribution is -2.03. The molecule has 1 atom stereocenters. The standard InChI is InChI=1S/C4H6ClN3OS/c1-2(5)9-4-7-3(6)10-8-4/h2H,1H3,(H2,6,7,8). The SMILES string of the molecule is CC(Cl)Oc1nsc(N)n1. The van der Waals surface area contributed by atoms with E-state index < -0.39 is 5.56 Å². The van der Waals surface area contributed by atoms with Crippen molar-refractivity contribution in [2.24, 2.45) is 0 Å². The van der Waals surface area contributed by atoms with Crippen LogP contribution in [0.2, 0.25) is 0 Å². The van der Waals surface area contributed by atoms with E-state index in [1.54, 1.807) is 6.92 Å². The average Bonchev–Trinajstić information content (AvgIpc) is 2.13. The highest BCUT2D eigenvalue weighted by atomic mass is 35.5. The van der Waals surface area contributed by atoms with E-state index in [4.69, 9.17) is 22.1 Å². The van der Waals surface area contributed by atoms with Gasteiger partial charge in [0.2, 0.25) is 5.13 Å². The summed E-state index contributed by atoms with van der Waals surface area (Å²) in [6, 6.07) is 0.241. The molecular weight excluding hydrogens is 174 g/mol. The van der Waals surface area contributed by atoms with Crippen molar-refractivity contribution in [1.29, 1.82) is 0 Å². The van der Waals surface area contributed by atoms with Crippen molar-refractivity contribution in [3.8, 4) is 6.01 Å². The van der Waals surface area contributed by atoms with Gasteiger partial charge in [-0.25, -0.2) is 0 Å². The quantitative estimate of drug-likeness (QED) is 0.691. The maximum Gasteiger partial charge on any atom is 0.331 e. The van der Waals surface area contributed by atoms with E-state index in [1.807, 2.05) is 0 Å². The van der Waals surface area contributed by atoms with E-state index in [0.717, 1.165) is 11.5 Å². The molecule has 1 aromatic heterocycles. The molecule has 0 aliphatic heterocycles. The van der Waals surface area contributed by atoms with Gasteiger partial charge in [-0.2, -0.15) is 4.98 Å². The van der Waals surface area contributed by atoms with Crippen LogP contribution >= 0.6 is 23.1 Å². The molecule has 0 aromatic carbocycles. The molecule has 2 N–H and O–H groups in total. The number of nitrogen functional groups attached to an aromatic ring is 1. The first-order valence-electron chi connectivity index (χ1n) is 2.58. The molecule has 1 rings (SSSR count). The van der Waals surface area contributed by atoms with Gasteiger partial charge in [-0.05, 0) is 6.92 Å². The number of rotatable bonds is 2. The van der Waals surface area contributed by atoms with Crippen LogP contribution in [-0.4, -0.2) is 14.9 Å². The number of nitrogens with zero attached hydrogens (tertiary/aromatic N) is 2. The van der Waals surface area contributed by atoms with Crippen molar-refractivity contribution < 1.29 is 4.74 Å². The van der Waals surface area contributed by atoms with Crippen LogP contribution in [0.3, 0.4) is 0 Å². The summed E-state index contributed by atoms with van der Waals surface area (Å²) in [5.74, 6) is 0. The Balaban J connectivity index is 2.58. The zero-order chi connectivity index (χ0) is 7.56. The Kier molecular flexibility index (Phi) is 2.29. The Morgan fingerprint density at radius 1 is 1.80 bits per heavy atom. The monoisotopic (exact) mass is 179 g/mol. The summed E-state index contributed by atoms with van der Waals surface area (Å²) in [6.45, 7) is 1.68. The molecule has 0 spiro atoms. The number of hydrogen-bond acceptors (Lipinski definition) is 5. The number of ether oxygens (including phenoxy) is 1. The fourth-order valence-electron chi connectivity index (χ4n) is 0.414. The number of anilines is 1. The van der Waals surface area contributed by atoms with Crippen molar-refractivity contribution >= 4 is 28.3 Å². The van der Waals surface area contributed by atoms with Gasteiger partial charge in [0.15, 0.2) is 5.56 Å². The molecule has 56 valence electrons. The predicted molar refractivity (Wildman–Crippen MR) is 40.3 cm³/mol. The lowest BCUT2D eigenvalue weighted by atomic mass is 10.8. The van der Waals surface area contributed by atoms with Crippen LogP contribution < -0.4 is 10.5 Å². The normalized spacial score (nSPS) is 13.0. The molecule has 0 fully saturated rings. The topological polar surface area (TPSA) is 61.0 Å². The number of halogens is 1. The van der Waals surface area contributed by atoms with E-state index in [-0.39, 0.29) is 6.01 Å². The van der Waals surface area contributed by atoms with Crippen LogP contribution in [0.1, 0.15) is 6.92 Å². The Morgan fingerprint density at radius 2 is 2.50 bits per heavy atom. The maximum atomic E-state index is 5.48. The summed E-state index contributed by atoms with van der Waals surface area (Å²) in [4.78, 5) is 3.73. The first-order valence-corrected chi connectivity index (χ1v) is 3.79. The molecule has 1 aromatic rings. The Bertz CT molecular complexity index is 214. The second-order valence-corrected chi connectivity index (χ2v) is 2.97. The van der Waals surface area contributed by atoms with E-state index in [2.05, 4.69) is 9.36 Å². The third-order valence-electron chi connectivity index (χ3n) is 0.691. The number of hydrogen-bond donors (Lipinski definition) is 1. The van der Waals surface area contributed by atoms with Crippen LogP contribution in [0.25, 0.3) is 0 Å². The first kappa shape index (κ1) is 7.56. The van der Waals surface area contributed by atoms with Crippen molar-refractivity contribution in [2.75, 3.05) is 5.73 Å². The largest absolute Gasteiger partial charge is 0.443 e. The minimum absolute atomic E-state index is 0.241. The van der Waals surface area contributed by atoms with Gasteiger partial charge in [-0.15, -0.1) is 4.37 Å². The third-order valence-corrected chi connectivity index (χ3v) is 1.31. The van der Waals surface area contributed by atoms with Crippen LogP contribution in [0.4, 0.5) is 5.13 Å². The summed E-state index contributed by atoms with van der Waals surface area (Å²) in [5, 5.41) is 0.382. The zero-order valence-corrected chi connectivity index (χ0v) is 6.82. The van der Waals surface area contributed by atoms with Crippen LogP contribution in [0.15, 0.2) is 0 Å². The molecule has 0 aliphatic carbocycles. The molecule has 0 saturated heterocycles. The first-order chi connectivity index (χ1) is 4.68. The lowest BCUT2D eigenvalue weighted by Gasteiger charge is -1.99. The Labute approximate surface area is 67.1 Å². The van der Waals surface area contributed by atoms with E-state index in [0.29, 0.717) is 5.13 Å². The van der Waals surface area contributed by atoms with Gasteiger partial charge in [0.05, 0.1) is 0 Å². The molecule has 10 heavy (non-hydrogen) atoms. The van der Waals surface area contributed by atoms with Gasteiger partial charge in [-0.3, -0.25) is 0 Å². The van der Waals surface area contributed by atoms with Crippen molar-refractivity contribution in [3.63, 3.8) is 0 Å². The summed E-state index contributed by atoms with van der Waals surface area (Å²) in [7, 11) is 0. The van der Waals surface area contributed by atoms with Gasteiger partial charge in [0, 0.05) is 11.5 Å². The second-order valence-electron chi connectivity index (χ2n) is 1.58. The molecule has 1 heterocycles. The van der Waals surface area contributed by atoms with Gasteiger partial charge >= 0.3 is 6.01 Å². The minimum atomic E-state index is -0.422. The average molecular weight is 180 g/mol. The smallest absolute Gasteiger partial charge is 0.331 e. The van der Waals surface area contributed by atoms with Crippen LogP contribution in [-0.2, 0) is 0 Å². The highest BCUT2D eigenvalue weighted by Crippen LogP contribution is 2.13. The molecule has 4 nitrogen and oxygen atoms in total. The number of aromatic nitrogens is 2. The summed E-state index contributed by atoms with van der Waals surface area (Å²) < 4.78 is 8.66. The lowest BCUT2D eigenvalue weighted by molar-refractivity contribution is 0.281. The molecule has 0 radical (unpaired) electrons. The van der Waals surface area contributed by atoms with Crippen molar-refractivity contribution in [1.82, 2.24) is 9.36 Å². The molecule has 0 aliphatic rings. The number of nitrogens with two attached hydrogens (primary N) is 1. The molecular formula is C4H6ClN3OS. The fraction of sp³-hybridized carbons (Fsp3) is 0.500. The van der Waals surface area contributed by atoms with Crippen LogP contribution in [0, 0.1) is 0 Å². The van der Waals surface area contributed by atoms with Gasteiger partial charge in [0.25, 0.3) is 0 Å². The fourth-order valence-corrected chi connectivity index (χ4v) is 0.868. The molecule has 1 unspecified atom stereocenters. The van der Waals surface area contributed by atoms with Crippen LogP contribution in [0.5, 0.6) is 6.01 Å². The summed E-state index contributed by atoms with van der Waals surface area (Å²) in [6.07, 6.45) is 0. The third kappa shape index (κ3) is 2.00. The molecule has 0 saturated carbocycles. The minimum Gasteiger partial charge on any atom is -0.443 e. The highest BCUT2D eigenvalue weighted by Gasteiger charge is 2.03. The van der Waals surface area contributed by atoms with Gasteiger partial charge < -0.3 is 10.5 Å². The molecule has 0 bridgehead atoms. The summed E-state index contributed by atoms with van der Waals surface area (Å²) >= 11 is 6.56. The Morgan fingerprint density at radius 3 is 2.90 bits per heavy atom. The zero-order valence-electron chi connectivity index (χ0n) is 5.24. The Hall–Kier alpha value is -0.550. The molecule has 6 heteroatoms. The summed E-state index contributed by atoms with van der Waals surface area (Å²) in [5.41, 5.74) is 4.85. The second kappa shape index (κ2) is 3.03. The van der Waals surface area contributed by atoms with E-state index in [9.17, 15) is 0 Å². The molecule has 0 amide bonds. The van der Waals surface area contributed by atoms with Crippen molar-refractivity contribution in [2.45, 2.75) is 12.5 Å². The van der Waals surface area contributed by atoms with Gasteiger partial charge in [0.1, 0.15) is 0 Å². The number of alkyl halides is 1. The maximum absolute atomic E-state index is 5.48. The van der Waals surface area contributed by atoms with Crippen molar-refractivity contribution in [3.05, 3.63) is 0 Å². The highest BCUT2D eigenvalue weighted by molar-refractivity contribution is 7.09. The van der Waals surface area contributed by atoms with E-state index in [1.165, 1.54) is 0 Å².